The first-order chi connectivity index (χ1) is 7.54. The molecule has 0 aliphatic rings. The Morgan fingerprint density at radius 2 is 2.50 bits per heavy atom. The Morgan fingerprint density at radius 1 is 1.81 bits per heavy atom. The molecule has 6 heteroatoms. The van der Waals surface area contributed by atoms with Crippen LogP contribution in [0, 0.1) is 10.1 Å². The Balaban J connectivity index is 2.82. The summed E-state index contributed by atoms with van der Waals surface area (Å²) in [4.78, 5) is 14.0. The normalized spacial score (nSPS) is 11.9. The molecule has 1 atom stereocenters. The van der Waals surface area contributed by atoms with E-state index in [4.69, 9.17) is 0 Å². The Labute approximate surface area is 102 Å². The fraction of sp³-hybridized carbons (Fsp3) is 0.300. The molecule has 0 spiro atoms. The van der Waals surface area contributed by atoms with Crippen molar-refractivity contribution in [1.82, 2.24) is 4.98 Å². The van der Waals surface area contributed by atoms with Crippen molar-refractivity contribution in [3.05, 3.63) is 39.5 Å². The van der Waals surface area contributed by atoms with Crippen LogP contribution in [-0.4, -0.2) is 15.9 Å². The molecule has 16 heavy (non-hydrogen) atoms. The van der Waals surface area contributed by atoms with Crippen LogP contribution in [0.15, 0.2) is 29.4 Å². The van der Waals surface area contributed by atoms with Crippen LogP contribution in [0.4, 0.5) is 11.5 Å². The molecule has 1 rings (SSSR count). The summed E-state index contributed by atoms with van der Waals surface area (Å²) in [6.07, 6.45) is 3.83. The van der Waals surface area contributed by atoms with Crippen molar-refractivity contribution < 1.29 is 4.92 Å². The maximum atomic E-state index is 10.5. The predicted octanol–water partition coefficient (Wildman–Crippen LogP) is 3.13. The molecule has 1 heterocycles. The Morgan fingerprint density at radius 3 is 3.00 bits per heavy atom. The minimum absolute atomic E-state index is 0.0335. The van der Waals surface area contributed by atoms with Crippen molar-refractivity contribution in [2.45, 2.75) is 19.4 Å². The van der Waals surface area contributed by atoms with Gasteiger partial charge in [-0.25, -0.2) is 4.98 Å². The molecule has 0 radical (unpaired) electrons. The van der Waals surface area contributed by atoms with Gasteiger partial charge in [-0.3, -0.25) is 10.1 Å². The van der Waals surface area contributed by atoms with Gasteiger partial charge in [0.1, 0.15) is 12.0 Å². The van der Waals surface area contributed by atoms with Crippen LogP contribution in [0.5, 0.6) is 0 Å². The van der Waals surface area contributed by atoms with Crippen LogP contribution in [0.1, 0.15) is 13.3 Å². The molecule has 1 N–H and O–H groups in total. The summed E-state index contributed by atoms with van der Waals surface area (Å²) in [6.45, 7) is 5.62. The summed E-state index contributed by atoms with van der Waals surface area (Å²) >= 11 is 3.24. The molecule has 0 saturated heterocycles. The van der Waals surface area contributed by atoms with Crippen molar-refractivity contribution in [3.8, 4) is 0 Å². The fourth-order valence-corrected chi connectivity index (χ4v) is 1.63. The highest BCUT2D eigenvalue weighted by Gasteiger charge is 2.11. The van der Waals surface area contributed by atoms with Crippen LogP contribution >= 0.6 is 15.9 Å². The fourth-order valence-electron chi connectivity index (χ4n) is 1.18. The SMILES string of the molecule is C=CCC(C)Nc1ncc([N+](=O)[O-])cc1Br. The zero-order valence-corrected chi connectivity index (χ0v) is 10.4. The Kier molecular flexibility index (Phi) is 4.42. The minimum Gasteiger partial charge on any atom is -0.366 e. The number of hydrogen-bond acceptors (Lipinski definition) is 4. The summed E-state index contributed by atoms with van der Waals surface area (Å²) in [5, 5.41) is 13.6. The van der Waals surface area contributed by atoms with E-state index in [0.717, 1.165) is 6.42 Å². The number of hydrogen-bond donors (Lipinski definition) is 1. The van der Waals surface area contributed by atoms with Crippen LogP contribution in [0.2, 0.25) is 0 Å². The molecule has 0 saturated carbocycles. The number of aromatic nitrogens is 1. The lowest BCUT2D eigenvalue weighted by Gasteiger charge is -2.13. The molecule has 0 aromatic carbocycles. The molecule has 1 aromatic rings. The second-order valence-electron chi connectivity index (χ2n) is 3.35. The highest BCUT2D eigenvalue weighted by atomic mass is 79.9. The topological polar surface area (TPSA) is 68.1 Å². The number of halogens is 1. The quantitative estimate of drug-likeness (QED) is 0.513. The first-order valence-corrected chi connectivity index (χ1v) is 5.51. The first-order valence-electron chi connectivity index (χ1n) is 4.72. The van der Waals surface area contributed by atoms with Gasteiger partial charge in [0.2, 0.25) is 0 Å². The summed E-state index contributed by atoms with van der Waals surface area (Å²) in [5.74, 6) is 0.597. The van der Waals surface area contributed by atoms with E-state index in [1.54, 1.807) is 6.08 Å². The van der Waals surface area contributed by atoms with Crippen LogP contribution < -0.4 is 5.32 Å². The number of pyridine rings is 1. The molecule has 1 unspecified atom stereocenters. The van der Waals surface area contributed by atoms with Gasteiger partial charge in [-0.15, -0.1) is 6.58 Å². The maximum absolute atomic E-state index is 10.5. The van der Waals surface area contributed by atoms with E-state index in [-0.39, 0.29) is 11.7 Å². The van der Waals surface area contributed by atoms with E-state index in [1.807, 2.05) is 6.92 Å². The van der Waals surface area contributed by atoms with Gasteiger partial charge in [-0.05, 0) is 29.3 Å². The van der Waals surface area contributed by atoms with Crippen molar-refractivity contribution >= 4 is 27.4 Å². The average molecular weight is 286 g/mol. The Bertz CT molecular complexity index is 409. The maximum Gasteiger partial charge on any atom is 0.288 e. The molecule has 0 amide bonds. The number of nitrogens with zero attached hydrogens (tertiary/aromatic N) is 2. The van der Waals surface area contributed by atoms with Gasteiger partial charge in [-0.1, -0.05) is 6.08 Å². The molecular weight excluding hydrogens is 274 g/mol. The third-order valence-corrected chi connectivity index (χ3v) is 2.55. The van der Waals surface area contributed by atoms with E-state index in [0.29, 0.717) is 10.3 Å². The summed E-state index contributed by atoms with van der Waals surface area (Å²) in [6, 6.07) is 1.61. The lowest BCUT2D eigenvalue weighted by Crippen LogP contribution is -2.15. The van der Waals surface area contributed by atoms with E-state index in [1.165, 1.54) is 12.3 Å². The molecule has 0 fully saturated rings. The summed E-state index contributed by atoms with van der Waals surface area (Å²) < 4.78 is 0.581. The smallest absolute Gasteiger partial charge is 0.288 e. The van der Waals surface area contributed by atoms with Gasteiger partial charge < -0.3 is 5.32 Å². The van der Waals surface area contributed by atoms with E-state index < -0.39 is 4.92 Å². The monoisotopic (exact) mass is 285 g/mol. The average Bonchev–Trinajstić information content (AvgIpc) is 2.21. The highest BCUT2D eigenvalue weighted by Crippen LogP contribution is 2.25. The standard InChI is InChI=1S/C10H12BrN3O2/c1-3-4-7(2)13-10-9(11)5-8(6-12-10)14(15)16/h3,5-7H,1,4H2,2H3,(H,12,13). The first kappa shape index (κ1) is 12.6. The summed E-state index contributed by atoms with van der Waals surface area (Å²) in [5.41, 5.74) is -0.0335. The summed E-state index contributed by atoms with van der Waals surface area (Å²) in [7, 11) is 0. The van der Waals surface area contributed by atoms with Crippen LogP contribution in [-0.2, 0) is 0 Å². The van der Waals surface area contributed by atoms with Crippen molar-refractivity contribution in [1.29, 1.82) is 0 Å². The van der Waals surface area contributed by atoms with Gasteiger partial charge in [0.25, 0.3) is 5.69 Å². The molecule has 0 aliphatic carbocycles. The Hall–Kier alpha value is -1.43. The number of rotatable bonds is 5. The second-order valence-corrected chi connectivity index (χ2v) is 4.21. The van der Waals surface area contributed by atoms with E-state index in [2.05, 4.69) is 32.8 Å². The lowest BCUT2D eigenvalue weighted by atomic mass is 10.2. The molecule has 1 aromatic heterocycles. The van der Waals surface area contributed by atoms with Gasteiger partial charge >= 0.3 is 0 Å². The minimum atomic E-state index is -0.477. The van der Waals surface area contributed by atoms with E-state index in [9.17, 15) is 10.1 Å². The zero-order valence-electron chi connectivity index (χ0n) is 8.81. The van der Waals surface area contributed by atoms with Gasteiger partial charge in [0.15, 0.2) is 0 Å². The van der Waals surface area contributed by atoms with E-state index >= 15 is 0 Å². The van der Waals surface area contributed by atoms with Crippen LogP contribution in [0.3, 0.4) is 0 Å². The molecule has 0 bridgehead atoms. The number of nitro groups is 1. The zero-order chi connectivity index (χ0) is 12.1. The highest BCUT2D eigenvalue weighted by molar-refractivity contribution is 9.10. The van der Waals surface area contributed by atoms with Crippen molar-refractivity contribution in [2.24, 2.45) is 0 Å². The number of anilines is 1. The molecule has 86 valence electrons. The largest absolute Gasteiger partial charge is 0.366 e. The van der Waals surface area contributed by atoms with Gasteiger partial charge in [0, 0.05) is 12.1 Å². The molecular formula is C10H12BrN3O2. The van der Waals surface area contributed by atoms with Crippen LogP contribution in [0.25, 0.3) is 0 Å². The third-order valence-electron chi connectivity index (χ3n) is 1.94. The van der Waals surface area contributed by atoms with Crippen molar-refractivity contribution in [3.63, 3.8) is 0 Å². The molecule has 5 nitrogen and oxygen atoms in total. The van der Waals surface area contributed by atoms with Crippen molar-refractivity contribution in [2.75, 3.05) is 5.32 Å². The predicted molar refractivity (Wildman–Crippen MR) is 66.5 cm³/mol. The third kappa shape index (κ3) is 3.30. The lowest BCUT2D eigenvalue weighted by molar-refractivity contribution is -0.385. The second kappa shape index (κ2) is 5.60. The molecule has 0 aliphatic heterocycles. The number of nitrogens with one attached hydrogen (secondary N) is 1. The van der Waals surface area contributed by atoms with Gasteiger partial charge in [-0.2, -0.15) is 0 Å². The van der Waals surface area contributed by atoms with Gasteiger partial charge in [0.05, 0.1) is 9.40 Å².